The summed E-state index contributed by atoms with van der Waals surface area (Å²) in [7, 11) is 1.31. The van der Waals surface area contributed by atoms with Gasteiger partial charge in [-0.15, -0.1) is 0 Å². The van der Waals surface area contributed by atoms with Crippen LogP contribution in [0.2, 0.25) is 0 Å². The van der Waals surface area contributed by atoms with Crippen LogP contribution in [0.4, 0.5) is 0 Å². The monoisotopic (exact) mass is 244 g/mol. The van der Waals surface area contributed by atoms with Gasteiger partial charge in [-0.25, -0.2) is 4.79 Å². The first kappa shape index (κ1) is 15.9. The lowest BCUT2D eigenvalue weighted by Gasteiger charge is -2.21. The maximum Gasteiger partial charge on any atom is 0.328 e. The zero-order valence-corrected chi connectivity index (χ0v) is 11.2. The Morgan fingerprint density at radius 1 is 1.35 bits per heavy atom. The quantitative estimate of drug-likeness (QED) is 0.650. The molecule has 1 amide bonds. The van der Waals surface area contributed by atoms with Gasteiger partial charge in [-0.1, -0.05) is 33.6 Å². The summed E-state index contributed by atoms with van der Waals surface area (Å²) in [5, 5.41) is 2.65. The molecule has 3 atom stereocenters. The zero-order valence-electron chi connectivity index (χ0n) is 11.2. The lowest BCUT2D eigenvalue weighted by atomic mass is 9.99. The number of ether oxygens (including phenoxy) is 1. The van der Waals surface area contributed by atoms with Crippen LogP contribution in [-0.2, 0) is 14.3 Å². The van der Waals surface area contributed by atoms with Gasteiger partial charge in [-0.3, -0.25) is 4.79 Å². The zero-order chi connectivity index (χ0) is 13.4. The maximum atomic E-state index is 11.8. The lowest BCUT2D eigenvalue weighted by molar-refractivity contribution is -0.145. The summed E-state index contributed by atoms with van der Waals surface area (Å²) in [4.78, 5) is 23.2. The first-order valence-corrected chi connectivity index (χ1v) is 6.11. The van der Waals surface area contributed by atoms with Crippen molar-refractivity contribution < 1.29 is 14.3 Å². The van der Waals surface area contributed by atoms with Crippen LogP contribution in [0.15, 0.2) is 0 Å². The van der Waals surface area contributed by atoms with E-state index < -0.39 is 18.1 Å². The van der Waals surface area contributed by atoms with E-state index in [9.17, 15) is 9.59 Å². The molecule has 100 valence electrons. The fourth-order valence-corrected chi connectivity index (χ4v) is 1.46. The van der Waals surface area contributed by atoms with Gasteiger partial charge in [-0.2, -0.15) is 0 Å². The molecule has 0 radical (unpaired) electrons. The van der Waals surface area contributed by atoms with Gasteiger partial charge in [0, 0.05) is 0 Å². The van der Waals surface area contributed by atoms with Gasteiger partial charge < -0.3 is 15.8 Å². The van der Waals surface area contributed by atoms with Gasteiger partial charge in [-0.05, 0) is 12.3 Å². The Labute approximate surface area is 103 Å². The summed E-state index contributed by atoms with van der Waals surface area (Å²) < 4.78 is 4.64. The van der Waals surface area contributed by atoms with Crippen LogP contribution in [0.5, 0.6) is 0 Å². The predicted molar refractivity (Wildman–Crippen MR) is 66.3 cm³/mol. The first-order valence-electron chi connectivity index (χ1n) is 6.11. The van der Waals surface area contributed by atoms with E-state index in [1.165, 1.54) is 7.11 Å². The van der Waals surface area contributed by atoms with Gasteiger partial charge in [0.2, 0.25) is 5.91 Å². The molecular weight excluding hydrogens is 220 g/mol. The van der Waals surface area contributed by atoms with Crippen molar-refractivity contribution in [2.75, 3.05) is 7.11 Å². The highest BCUT2D eigenvalue weighted by Gasteiger charge is 2.25. The number of rotatable bonds is 7. The summed E-state index contributed by atoms with van der Waals surface area (Å²) in [5.41, 5.74) is 5.79. The molecule has 0 spiro atoms. The molecule has 0 aliphatic heterocycles. The molecule has 3 N–H and O–H groups in total. The molecule has 5 nitrogen and oxygen atoms in total. The van der Waals surface area contributed by atoms with E-state index in [1.807, 2.05) is 20.8 Å². The minimum Gasteiger partial charge on any atom is -0.467 e. The molecule has 0 fully saturated rings. The first-order chi connectivity index (χ1) is 7.97. The van der Waals surface area contributed by atoms with Crippen LogP contribution in [0.1, 0.15) is 40.0 Å². The second-order valence-electron chi connectivity index (χ2n) is 4.28. The van der Waals surface area contributed by atoms with Crippen molar-refractivity contribution in [2.45, 2.75) is 52.1 Å². The summed E-state index contributed by atoms with van der Waals surface area (Å²) in [6.07, 6.45) is 2.18. The minimum atomic E-state index is -0.590. The normalized spacial score (nSPS) is 15.8. The van der Waals surface area contributed by atoms with Gasteiger partial charge in [0.05, 0.1) is 13.2 Å². The Bertz CT molecular complexity index is 256. The standard InChI is InChI=1S/C12H24N2O3/c1-5-7-9(12(16)17-4)14-11(15)10(13)8(3)6-2/h8-10H,5-7,13H2,1-4H3,(H,14,15)/t8?,9-,10?/m0/s1. The Hall–Kier alpha value is -1.10. The highest BCUT2D eigenvalue weighted by atomic mass is 16.5. The number of amides is 1. The number of hydrogen-bond donors (Lipinski definition) is 2. The molecule has 0 heterocycles. The molecule has 0 saturated heterocycles. The molecule has 0 aliphatic carbocycles. The second-order valence-corrected chi connectivity index (χ2v) is 4.28. The number of nitrogens with two attached hydrogens (primary N) is 1. The van der Waals surface area contributed by atoms with E-state index in [0.29, 0.717) is 6.42 Å². The molecule has 0 aromatic heterocycles. The highest BCUT2D eigenvalue weighted by Crippen LogP contribution is 2.07. The van der Waals surface area contributed by atoms with Crippen LogP contribution in [0.3, 0.4) is 0 Å². The Balaban J connectivity index is 4.44. The van der Waals surface area contributed by atoms with E-state index >= 15 is 0 Å². The van der Waals surface area contributed by atoms with Gasteiger partial charge >= 0.3 is 5.97 Å². The number of hydrogen-bond acceptors (Lipinski definition) is 4. The topological polar surface area (TPSA) is 81.4 Å². The fourth-order valence-electron chi connectivity index (χ4n) is 1.46. The van der Waals surface area contributed by atoms with Crippen LogP contribution in [0.25, 0.3) is 0 Å². The predicted octanol–water partition coefficient (Wildman–Crippen LogP) is 0.818. The molecule has 0 aliphatic rings. The van der Waals surface area contributed by atoms with Crippen molar-refractivity contribution in [1.29, 1.82) is 0 Å². The Morgan fingerprint density at radius 2 is 1.94 bits per heavy atom. The van der Waals surface area contributed by atoms with E-state index in [1.54, 1.807) is 0 Å². The van der Waals surface area contributed by atoms with Crippen molar-refractivity contribution in [3.8, 4) is 0 Å². The lowest BCUT2D eigenvalue weighted by Crippen LogP contribution is -2.50. The van der Waals surface area contributed by atoms with Gasteiger partial charge in [0.25, 0.3) is 0 Å². The molecule has 0 bridgehead atoms. The van der Waals surface area contributed by atoms with Crippen LogP contribution < -0.4 is 11.1 Å². The molecule has 0 rings (SSSR count). The van der Waals surface area contributed by atoms with E-state index in [0.717, 1.165) is 12.8 Å². The molecule has 17 heavy (non-hydrogen) atoms. The molecule has 0 aromatic rings. The smallest absolute Gasteiger partial charge is 0.328 e. The van der Waals surface area contributed by atoms with Crippen molar-refractivity contribution in [1.82, 2.24) is 5.32 Å². The largest absolute Gasteiger partial charge is 0.467 e. The van der Waals surface area contributed by atoms with E-state index in [4.69, 9.17) is 5.73 Å². The van der Waals surface area contributed by atoms with Crippen molar-refractivity contribution in [3.63, 3.8) is 0 Å². The molecule has 0 saturated carbocycles. The molecule has 2 unspecified atom stereocenters. The van der Waals surface area contributed by atoms with Gasteiger partial charge in [0.1, 0.15) is 6.04 Å². The number of esters is 1. The number of carbonyl (C=O) groups is 2. The summed E-state index contributed by atoms with van der Waals surface area (Å²) >= 11 is 0. The van der Waals surface area contributed by atoms with E-state index in [2.05, 4.69) is 10.1 Å². The van der Waals surface area contributed by atoms with Crippen molar-refractivity contribution in [3.05, 3.63) is 0 Å². The average molecular weight is 244 g/mol. The third kappa shape index (κ3) is 5.17. The molecular formula is C12H24N2O3. The average Bonchev–Trinajstić information content (AvgIpc) is 2.35. The summed E-state index contributed by atoms with van der Waals surface area (Å²) in [6.45, 7) is 5.83. The maximum absolute atomic E-state index is 11.8. The third-order valence-corrected chi connectivity index (χ3v) is 2.94. The SMILES string of the molecule is CCC[C@H](NC(=O)C(N)C(C)CC)C(=O)OC. The Morgan fingerprint density at radius 3 is 2.35 bits per heavy atom. The number of carbonyl (C=O) groups excluding carboxylic acids is 2. The Kier molecular flexibility index (Phi) is 7.54. The summed E-state index contributed by atoms with van der Waals surface area (Å²) in [5.74, 6) is -0.616. The minimum absolute atomic E-state index is 0.0925. The van der Waals surface area contributed by atoms with Crippen molar-refractivity contribution >= 4 is 11.9 Å². The van der Waals surface area contributed by atoms with Crippen LogP contribution in [-0.4, -0.2) is 31.1 Å². The molecule has 0 aromatic carbocycles. The van der Waals surface area contributed by atoms with E-state index in [-0.39, 0.29) is 11.8 Å². The number of methoxy groups -OCH3 is 1. The van der Waals surface area contributed by atoms with Gasteiger partial charge in [0.15, 0.2) is 0 Å². The third-order valence-electron chi connectivity index (χ3n) is 2.94. The second kappa shape index (κ2) is 8.06. The molecule has 5 heteroatoms. The van der Waals surface area contributed by atoms with Crippen LogP contribution in [0, 0.1) is 5.92 Å². The fraction of sp³-hybridized carbons (Fsp3) is 0.833. The van der Waals surface area contributed by atoms with Crippen molar-refractivity contribution in [2.24, 2.45) is 11.7 Å². The number of nitrogens with one attached hydrogen (secondary N) is 1. The highest BCUT2D eigenvalue weighted by molar-refractivity contribution is 5.87. The van der Waals surface area contributed by atoms with Crippen LogP contribution >= 0.6 is 0 Å². The summed E-state index contributed by atoms with van der Waals surface area (Å²) in [6, 6.07) is -1.17.